The van der Waals surface area contributed by atoms with E-state index in [-0.39, 0.29) is 0 Å². The van der Waals surface area contributed by atoms with Gasteiger partial charge < -0.3 is 0 Å². The van der Waals surface area contributed by atoms with Gasteiger partial charge in [-0.2, -0.15) is 10.0 Å². The van der Waals surface area contributed by atoms with Crippen molar-refractivity contribution in [2.45, 2.75) is 71.3 Å². The molecule has 4 nitrogen and oxygen atoms in total. The van der Waals surface area contributed by atoms with Gasteiger partial charge in [-0.05, 0) is 26.7 Å². The van der Waals surface area contributed by atoms with Gasteiger partial charge in [-0.1, -0.05) is 56.8 Å². The minimum Gasteiger partial charge on any atom is -0.263 e. The number of fused-ring (bicyclic) bond motifs is 1. The number of aliphatic imine (C=N–C) groups is 2. The van der Waals surface area contributed by atoms with Crippen molar-refractivity contribution in [1.82, 2.24) is 5.43 Å². The lowest BCUT2D eigenvalue weighted by molar-refractivity contribution is -0.800. The van der Waals surface area contributed by atoms with Gasteiger partial charge in [0.05, 0.1) is 11.7 Å². The number of rotatable bonds is 3. The highest BCUT2D eigenvalue weighted by Gasteiger charge is 2.30. The first-order valence-corrected chi connectivity index (χ1v) is 9.77. The summed E-state index contributed by atoms with van der Waals surface area (Å²) < 4.78 is 0. The SMILES string of the molecule is C/C=C/C=C\C1=CC(=NC2CCCCCCCC2)N=C2C=C(C)N[NH+]12. The number of nitrogens with zero attached hydrogens (tertiary/aromatic N) is 2. The third-order valence-corrected chi connectivity index (χ3v) is 4.96. The van der Waals surface area contributed by atoms with Crippen LogP contribution in [0.5, 0.6) is 0 Å². The highest BCUT2D eigenvalue weighted by molar-refractivity contribution is 6.06. The molecule has 1 unspecified atom stereocenters. The standard InChI is InChI=1S/C21H30N4/c1-3-4-9-14-19-16-20(23-21-15-17(2)24-25(19)21)22-18-12-10-7-5-6-8-11-13-18/h3-4,9,14-16,18,24H,5-8,10-13H2,1-2H3/p+1/b4-3+,14-9-,22-20?. The lowest BCUT2D eigenvalue weighted by Crippen LogP contribution is -3.17. The number of hydrogen-bond acceptors (Lipinski definition) is 2. The summed E-state index contributed by atoms with van der Waals surface area (Å²) >= 11 is 0. The monoisotopic (exact) mass is 339 g/mol. The Bertz CT molecular complexity index is 639. The zero-order chi connectivity index (χ0) is 17.5. The fourth-order valence-electron chi connectivity index (χ4n) is 3.65. The van der Waals surface area contributed by atoms with Crippen molar-refractivity contribution >= 4 is 11.7 Å². The Hall–Kier alpha value is -1.94. The maximum Gasteiger partial charge on any atom is 0.259 e. The van der Waals surface area contributed by atoms with E-state index in [1.807, 2.05) is 13.0 Å². The molecule has 0 spiro atoms. The number of allylic oxidation sites excluding steroid dienone is 5. The minimum atomic E-state index is 0.426. The van der Waals surface area contributed by atoms with Crippen LogP contribution in [0.15, 0.2) is 57.8 Å². The van der Waals surface area contributed by atoms with Crippen LogP contribution in [0.2, 0.25) is 0 Å². The molecule has 25 heavy (non-hydrogen) atoms. The Balaban J connectivity index is 1.82. The molecule has 2 aliphatic heterocycles. The number of quaternary nitrogens is 1. The van der Waals surface area contributed by atoms with E-state index in [1.165, 1.54) is 51.4 Å². The molecule has 0 saturated heterocycles. The Morgan fingerprint density at radius 2 is 1.80 bits per heavy atom. The third-order valence-electron chi connectivity index (χ3n) is 4.96. The van der Waals surface area contributed by atoms with Crippen molar-refractivity contribution in [2.24, 2.45) is 9.98 Å². The van der Waals surface area contributed by atoms with Crippen LogP contribution in [0, 0.1) is 0 Å². The quantitative estimate of drug-likeness (QED) is 0.758. The molecule has 0 aromatic carbocycles. The first kappa shape index (κ1) is 17.9. The van der Waals surface area contributed by atoms with Crippen LogP contribution in [-0.4, -0.2) is 17.7 Å². The van der Waals surface area contributed by atoms with Crippen molar-refractivity contribution in [2.75, 3.05) is 0 Å². The van der Waals surface area contributed by atoms with Crippen molar-refractivity contribution in [3.63, 3.8) is 0 Å². The second-order valence-corrected chi connectivity index (χ2v) is 7.15. The topological polar surface area (TPSA) is 41.2 Å². The Morgan fingerprint density at radius 1 is 1.08 bits per heavy atom. The van der Waals surface area contributed by atoms with Crippen molar-refractivity contribution in [3.8, 4) is 0 Å². The van der Waals surface area contributed by atoms with Gasteiger partial charge >= 0.3 is 0 Å². The average Bonchev–Trinajstić information content (AvgIpc) is 3.02. The molecule has 4 heteroatoms. The summed E-state index contributed by atoms with van der Waals surface area (Å²) in [5.74, 6) is 1.90. The molecule has 1 saturated carbocycles. The number of nitrogens with one attached hydrogen (secondary N) is 2. The Kier molecular flexibility index (Phi) is 6.40. The van der Waals surface area contributed by atoms with Gasteiger partial charge in [0.25, 0.3) is 5.84 Å². The Morgan fingerprint density at radius 3 is 2.52 bits per heavy atom. The number of hydrogen-bond donors (Lipinski definition) is 2. The number of amidine groups is 2. The highest BCUT2D eigenvalue weighted by atomic mass is 15.6. The van der Waals surface area contributed by atoms with Gasteiger partial charge in [0.2, 0.25) is 0 Å². The zero-order valence-electron chi connectivity index (χ0n) is 15.6. The maximum absolute atomic E-state index is 5.03. The lowest BCUT2D eigenvalue weighted by Gasteiger charge is -2.19. The normalized spacial score (nSPS) is 27.4. The summed E-state index contributed by atoms with van der Waals surface area (Å²) in [5, 5.41) is 1.10. The fraction of sp³-hybridized carbons (Fsp3) is 0.524. The van der Waals surface area contributed by atoms with Gasteiger partial charge in [0.15, 0.2) is 11.5 Å². The highest BCUT2D eigenvalue weighted by Crippen LogP contribution is 2.20. The van der Waals surface area contributed by atoms with Gasteiger partial charge in [0, 0.05) is 18.2 Å². The molecule has 3 aliphatic rings. The lowest BCUT2D eigenvalue weighted by atomic mass is 10.1. The molecule has 1 fully saturated rings. The largest absolute Gasteiger partial charge is 0.263 e. The predicted molar refractivity (Wildman–Crippen MR) is 105 cm³/mol. The third kappa shape index (κ3) is 5.02. The molecular formula is C21H31N4+. The second kappa shape index (κ2) is 8.95. The molecule has 1 atom stereocenters. The van der Waals surface area contributed by atoms with Crippen LogP contribution >= 0.6 is 0 Å². The maximum atomic E-state index is 5.03. The summed E-state index contributed by atoms with van der Waals surface area (Å²) in [7, 11) is 0. The van der Waals surface area contributed by atoms with E-state index in [0.29, 0.717) is 6.04 Å². The molecule has 0 aromatic rings. The molecule has 2 N–H and O–H groups in total. The van der Waals surface area contributed by atoms with Crippen LogP contribution in [0.25, 0.3) is 0 Å². The van der Waals surface area contributed by atoms with Crippen molar-refractivity contribution in [1.29, 1.82) is 0 Å². The zero-order valence-corrected chi connectivity index (χ0v) is 15.6. The van der Waals surface area contributed by atoms with Crippen molar-refractivity contribution < 1.29 is 5.01 Å². The van der Waals surface area contributed by atoms with E-state index in [1.54, 1.807) is 0 Å². The van der Waals surface area contributed by atoms with Gasteiger partial charge in [-0.25, -0.2) is 5.43 Å². The van der Waals surface area contributed by atoms with E-state index < -0.39 is 0 Å². The van der Waals surface area contributed by atoms with E-state index in [2.05, 4.69) is 42.7 Å². The molecular weight excluding hydrogens is 308 g/mol. The van der Waals surface area contributed by atoms with Crippen LogP contribution in [0.4, 0.5) is 0 Å². The molecule has 0 amide bonds. The van der Waals surface area contributed by atoms with Gasteiger partial charge in [-0.15, -0.1) is 0 Å². The van der Waals surface area contributed by atoms with Crippen molar-refractivity contribution in [3.05, 3.63) is 47.9 Å². The first-order chi connectivity index (χ1) is 12.3. The fourth-order valence-corrected chi connectivity index (χ4v) is 3.65. The van der Waals surface area contributed by atoms with Gasteiger partial charge in [0.1, 0.15) is 0 Å². The molecule has 1 aliphatic carbocycles. The molecule has 3 rings (SSSR count). The van der Waals surface area contributed by atoms with E-state index >= 15 is 0 Å². The summed E-state index contributed by atoms with van der Waals surface area (Å²) in [4.78, 5) is 9.84. The van der Waals surface area contributed by atoms with E-state index in [0.717, 1.165) is 28.1 Å². The van der Waals surface area contributed by atoms with E-state index in [4.69, 9.17) is 9.98 Å². The summed E-state index contributed by atoms with van der Waals surface area (Å²) in [6.07, 6.45) is 23.0. The van der Waals surface area contributed by atoms with Gasteiger partial charge in [-0.3, -0.25) is 4.99 Å². The minimum absolute atomic E-state index is 0.426. The van der Waals surface area contributed by atoms with Crippen LogP contribution in [0.1, 0.15) is 65.2 Å². The summed E-state index contributed by atoms with van der Waals surface area (Å²) in [5.41, 5.74) is 5.74. The van der Waals surface area contributed by atoms with Crippen LogP contribution in [0.3, 0.4) is 0 Å². The second-order valence-electron chi connectivity index (χ2n) is 7.15. The summed E-state index contributed by atoms with van der Waals surface area (Å²) in [6.45, 7) is 4.11. The Labute approximate surface area is 151 Å². The molecule has 134 valence electrons. The van der Waals surface area contributed by atoms with Crippen LogP contribution < -0.4 is 10.4 Å². The predicted octanol–water partition coefficient (Wildman–Crippen LogP) is 3.62. The van der Waals surface area contributed by atoms with E-state index in [9.17, 15) is 0 Å². The molecule has 0 aromatic heterocycles. The average molecular weight is 340 g/mol. The summed E-state index contributed by atoms with van der Waals surface area (Å²) in [6, 6.07) is 0.426. The smallest absolute Gasteiger partial charge is 0.259 e. The molecule has 0 radical (unpaired) electrons. The molecule has 2 heterocycles. The van der Waals surface area contributed by atoms with Crippen LogP contribution in [-0.2, 0) is 0 Å². The molecule has 0 bridgehead atoms. The first-order valence-electron chi connectivity index (χ1n) is 9.77.